The molecule has 0 radical (unpaired) electrons. The fourth-order valence-corrected chi connectivity index (χ4v) is 4.60. The van der Waals surface area contributed by atoms with Crippen molar-refractivity contribution in [2.75, 3.05) is 24.2 Å². The number of hydrogen-bond donors (Lipinski definition) is 1. The molecule has 0 saturated heterocycles. The zero-order valence-corrected chi connectivity index (χ0v) is 22.7. The highest BCUT2D eigenvalue weighted by Gasteiger charge is 2.31. The van der Waals surface area contributed by atoms with E-state index in [2.05, 4.69) is 5.32 Å². The highest BCUT2D eigenvalue weighted by atomic mass is 35.5. The molecule has 0 aliphatic carbocycles. The van der Waals surface area contributed by atoms with Gasteiger partial charge in [0.1, 0.15) is 18.3 Å². The first kappa shape index (κ1) is 28.7. The second-order valence-corrected chi connectivity index (χ2v) is 10.9. The third-order valence-corrected chi connectivity index (χ3v) is 7.47. The average molecular weight is 545 g/mol. The molecule has 0 heterocycles. The maximum atomic E-state index is 13.6. The highest BCUT2D eigenvalue weighted by molar-refractivity contribution is 7.92. The maximum absolute atomic E-state index is 13.6. The largest absolute Gasteiger partial charge is 0.497 e. The molecule has 0 aliphatic heterocycles. The molecule has 2 atom stereocenters. The number of rotatable bonds is 11. The predicted molar refractivity (Wildman–Crippen MR) is 140 cm³/mol. The molecular weight excluding hydrogens is 513 g/mol. The second kappa shape index (κ2) is 12.5. The molecule has 8 nitrogen and oxygen atoms in total. The normalized spacial score (nSPS) is 13.0. The number of carbonyl (C=O) groups excluding carboxylic acids is 2. The van der Waals surface area contributed by atoms with Crippen molar-refractivity contribution in [3.63, 3.8) is 0 Å². The van der Waals surface area contributed by atoms with Crippen LogP contribution in [0, 0.1) is 0 Å². The Bertz CT molecular complexity index is 1160. The molecule has 1 N–H and O–H groups in total. The monoisotopic (exact) mass is 543 g/mol. The average Bonchev–Trinajstić information content (AvgIpc) is 2.81. The summed E-state index contributed by atoms with van der Waals surface area (Å²) in [6.45, 7) is 4.90. The van der Waals surface area contributed by atoms with Gasteiger partial charge in [-0.05, 0) is 50.1 Å². The van der Waals surface area contributed by atoms with E-state index in [1.165, 1.54) is 24.1 Å². The minimum Gasteiger partial charge on any atom is -0.497 e. The van der Waals surface area contributed by atoms with Crippen molar-refractivity contribution in [2.24, 2.45) is 0 Å². The molecule has 0 fully saturated rings. The van der Waals surface area contributed by atoms with Crippen LogP contribution in [0.4, 0.5) is 5.69 Å². The molecule has 0 aromatic heterocycles. The van der Waals surface area contributed by atoms with Crippen LogP contribution < -0.4 is 14.4 Å². The number of benzene rings is 2. The van der Waals surface area contributed by atoms with Gasteiger partial charge in [0, 0.05) is 12.6 Å². The Kier molecular flexibility index (Phi) is 10.2. The first-order chi connectivity index (χ1) is 16.4. The van der Waals surface area contributed by atoms with E-state index in [0.717, 1.165) is 17.0 Å². The number of ether oxygens (including phenoxy) is 1. The Morgan fingerprint density at radius 3 is 2.37 bits per heavy atom. The van der Waals surface area contributed by atoms with Crippen LogP contribution in [0.15, 0.2) is 42.5 Å². The predicted octanol–water partition coefficient (Wildman–Crippen LogP) is 4.10. The Labute approximate surface area is 217 Å². The SMILES string of the molecule is CC[C@H](C)NC(=O)[C@@H](C)N(Cc1cccc(OC)c1)C(=O)CN(c1cccc(Cl)c1Cl)S(C)(=O)=O. The lowest BCUT2D eigenvalue weighted by molar-refractivity contribution is -0.139. The summed E-state index contributed by atoms with van der Waals surface area (Å²) in [6.07, 6.45) is 1.69. The summed E-state index contributed by atoms with van der Waals surface area (Å²) in [7, 11) is -2.39. The summed E-state index contributed by atoms with van der Waals surface area (Å²) in [4.78, 5) is 27.8. The van der Waals surface area contributed by atoms with Crippen molar-refractivity contribution >= 4 is 50.7 Å². The number of nitrogens with zero attached hydrogens (tertiary/aromatic N) is 2. The van der Waals surface area contributed by atoms with Crippen molar-refractivity contribution in [2.45, 2.75) is 45.8 Å². The second-order valence-electron chi connectivity index (χ2n) is 8.21. The van der Waals surface area contributed by atoms with E-state index in [-0.39, 0.29) is 34.2 Å². The molecule has 2 amide bonds. The van der Waals surface area contributed by atoms with Gasteiger partial charge in [0.2, 0.25) is 21.8 Å². The summed E-state index contributed by atoms with van der Waals surface area (Å²) in [5.41, 5.74) is 0.792. The van der Waals surface area contributed by atoms with E-state index < -0.39 is 28.5 Å². The van der Waals surface area contributed by atoms with Crippen LogP contribution in [-0.4, -0.2) is 57.1 Å². The smallest absolute Gasteiger partial charge is 0.244 e. The van der Waals surface area contributed by atoms with Gasteiger partial charge < -0.3 is 15.0 Å². The standard InChI is InChI=1S/C24H31Cl2N3O5S/c1-6-16(2)27-24(31)17(3)28(14-18-9-7-10-19(13-18)34-4)22(30)15-29(35(5,32)33)21-12-8-11-20(25)23(21)26/h7-13,16-17H,6,14-15H2,1-5H3,(H,27,31)/t16-,17+/m0/s1. The van der Waals surface area contributed by atoms with E-state index in [1.807, 2.05) is 13.8 Å². The quantitative estimate of drug-likeness (QED) is 0.460. The molecule has 2 aromatic rings. The van der Waals surface area contributed by atoms with Gasteiger partial charge in [-0.1, -0.05) is 48.3 Å². The Morgan fingerprint density at radius 2 is 1.77 bits per heavy atom. The zero-order valence-electron chi connectivity index (χ0n) is 20.4. The molecule has 2 aromatic carbocycles. The highest BCUT2D eigenvalue weighted by Crippen LogP contribution is 2.33. The van der Waals surface area contributed by atoms with E-state index in [9.17, 15) is 18.0 Å². The number of anilines is 1. The number of nitrogens with one attached hydrogen (secondary N) is 1. The molecule has 0 spiro atoms. The van der Waals surface area contributed by atoms with Crippen LogP contribution in [0.3, 0.4) is 0 Å². The lowest BCUT2D eigenvalue weighted by atomic mass is 10.1. The molecular formula is C24H31Cl2N3O5S. The number of hydrogen-bond acceptors (Lipinski definition) is 5. The van der Waals surface area contributed by atoms with Gasteiger partial charge in [0.05, 0.1) is 29.1 Å². The van der Waals surface area contributed by atoms with Gasteiger partial charge in [0.15, 0.2) is 0 Å². The molecule has 192 valence electrons. The van der Waals surface area contributed by atoms with Crippen LogP contribution >= 0.6 is 23.2 Å². The zero-order chi connectivity index (χ0) is 26.3. The first-order valence-corrected chi connectivity index (χ1v) is 13.6. The fraction of sp³-hybridized carbons (Fsp3) is 0.417. The summed E-state index contributed by atoms with van der Waals surface area (Å²) in [5.74, 6) is -0.335. The lowest BCUT2D eigenvalue weighted by Gasteiger charge is -2.32. The summed E-state index contributed by atoms with van der Waals surface area (Å²) < 4.78 is 31.4. The molecule has 35 heavy (non-hydrogen) atoms. The van der Waals surface area contributed by atoms with E-state index in [0.29, 0.717) is 11.3 Å². The summed E-state index contributed by atoms with van der Waals surface area (Å²) in [5, 5.41) is 3.04. The first-order valence-electron chi connectivity index (χ1n) is 11.0. The van der Waals surface area contributed by atoms with Crippen molar-refractivity contribution in [1.82, 2.24) is 10.2 Å². The van der Waals surface area contributed by atoms with Crippen molar-refractivity contribution in [3.8, 4) is 5.75 Å². The summed E-state index contributed by atoms with van der Waals surface area (Å²) in [6, 6.07) is 10.7. The minimum absolute atomic E-state index is 0.00861. The Morgan fingerprint density at radius 1 is 1.11 bits per heavy atom. The van der Waals surface area contributed by atoms with Crippen molar-refractivity contribution in [3.05, 3.63) is 58.1 Å². The van der Waals surface area contributed by atoms with Crippen LogP contribution in [0.1, 0.15) is 32.8 Å². The number of halogens is 2. The molecule has 0 aliphatic rings. The number of carbonyl (C=O) groups is 2. The van der Waals surface area contributed by atoms with E-state index in [4.69, 9.17) is 27.9 Å². The van der Waals surface area contributed by atoms with E-state index >= 15 is 0 Å². The Balaban J connectivity index is 2.45. The van der Waals surface area contributed by atoms with Crippen molar-refractivity contribution < 1.29 is 22.7 Å². The van der Waals surface area contributed by atoms with Crippen LogP contribution in [0.25, 0.3) is 0 Å². The third-order valence-electron chi connectivity index (χ3n) is 5.53. The molecule has 0 saturated carbocycles. The van der Waals surface area contributed by atoms with Gasteiger partial charge in [-0.2, -0.15) is 0 Å². The van der Waals surface area contributed by atoms with E-state index in [1.54, 1.807) is 37.3 Å². The van der Waals surface area contributed by atoms with Crippen LogP contribution in [0.2, 0.25) is 10.0 Å². The number of methoxy groups -OCH3 is 1. The third kappa shape index (κ3) is 7.75. The topological polar surface area (TPSA) is 96.0 Å². The van der Waals surface area contributed by atoms with Gasteiger partial charge in [0.25, 0.3) is 0 Å². The summed E-state index contributed by atoms with van der Waals surface area (Å²) >= 11 is 12.3. The fourth-order valence-electron chi connectivity index (χ4n) is 3.30. The molecule has 2 rings (SSSR count). The van der Waals surface area contributed by atoms with Gasteiger partial charge in [-0.15, -0.1) is 0 Å². The number of amides is 2. The maximum Gasteiger partial charge on any atom is 0.244 e. The molecule has 0 bridgehead atoms. The van der Waals surface area contributed by atoms with Crippen LogP contribution in [0.5, 0.6) is 5.75 Å². The van der Waals surface area contributed by atoms with Gasteiger partial charge >= 0.3 is 0 Å². The molecule has 11 heteroatoms. The van der Waals surface area contributed by atoms with Crippen LogP contribution in [-0.2, 0) is 26.2 Å². The number of sulfonamides is 1. The Hall–Kier alpha value is -2.49. The molecule has 0 unspecified atom stereocenters. The minimum atomic E-state index is -3.92. The van der Waals surface area contributed by atoms with Crippen molar-refractivity contribution in [1.29, 1.82) is 0 Å². The van der Waals surface area contributed by atoms with Gasteiger partial charge in [-0.25, -0.2) is 8.42 Å². The van der Waals surface area contributed by atoms with Gasteiger partial charge in [-0.3, -0.25) is 13.9 Å². The lowest BCUT2D eigenvalue weighted by Crippen LogP contribution is -2.52.